The minimum absolute atomic E-state index is 0.324. The van der Waals surface area contributed by atoms with Gasteiger partial charge in [0.25, 0.3) is 0 Å². The van der Waals surface area contributed by atoms with Gasteiger partial charge in [0.2, 0.25) is 0 Å². The minimum Gasteiger partial charge on any atom is -0.341 e. The van der Waals surface area contributed by atoms with E-state index in [1.165, 1.54) is 50.6 Å². The summed E-state index contributed by atoms with van der Waals surface area (Å²) >= 11 is 0. The Balaban J connectivity index is 1.10. The zero-order valence-electron chi connectivity index (χ0n) is 25.1. The molecule has 0 aromatic heterocycles. The van der Waals surface area contributed by atoms with Crippen molar-refractivity contribution < 1.29 is 0 Å². The van der Waals surface area contributed by atoms with Gasteiger partial charge in [-0.2, -0.15) is 0 Å². The number of allylic oxidation sites excluding steroid dienone is 10. The van der Waals surface area contributed by atoms with Gasteiger partial charge >= 0.3 is 0 Å². The highest BCUT2D eigenvalue weighted by molar-refractivity contribution is 5.91. The summed E-state index contributed by atoms with van der Waals surface area (Å²) in [7, 11) is 0. The highest BCUT2D eigenvalue weighted by Crippen LogP contribution is 2.54. The van der Waals surface area contributed by atoms with Crippen LogP contribution in [0.2, 0.25) is 0 Å². The van der Waals surface area contributed by atoms with Gasteiger partial charge in [-0.3, -0.25) is 0 Å². The molecular weight excluding hydrogens is 532 g/mol. The van der Waals surface area contributed by atoms with E-state index in [0.717, 1.165) is 32.1 Å². The minimum atomic E-state index is 0.324. The summed E-state index contributed by atoms with van der Waals surface area (Å²) in [4.78, 5) is 5.40. The summed E-state index contributed by atoms with van der Waals surface area (Å²) in [6.45, 7) is 0. The molecule has 4 aliphatic carbocycles. The number of para-hydroxylation sites is 1. The van der Waals surface area contributed by atoms with Crippen molar-refractivity contribution in [3.05, 3.63) is 173 Å². The fraction of sp³-hybridized carbons (Fsp3) is 0.238. The standard InChI is InChI=1S/C42H38N2/c1-3-12-29(13-4-1)31-22-24-33(25-23-31)43-39-20-9-7-18-35(39)37-27-38-36-19-8-10-21-40(36)44(42(38)28-41(37)43)34-17-11-16-32(26-34)30-14-5-2-6-15-30/h1-8,10-12,14-15,17-19,21-27,29,32,37,41-42H,9,13,16,20,28H2. The van der Waals surface area contributed by atoms with Crippen LogP contribution >= 0.6 is 0 Å². The van der Waals surface area contributed by atoms with Crippen LogP contribution in [0.4, 0.5) is 11.4 Å². The van der Waals surface area contributed by atoms with Crippen LogP contribution in [0, 0.1) is 5.92 Å². The summed E-state index contributed by atoms with van der Waals surface area (Å²) in [6.07, 6.45) is 29.2. The molecule has 0 radical (unpaired) electrons. The molecule has 5 atom stereocenters. The van der Waals surface area contributed by atoms with Gasteiger partial charge in [-0.25, -0.2) is 0 Å². The van der Waals surface area contributed by atoms with E-state index < -0.39 is 0 Å². The molecule has 0 saturated carbocycles. The lowest BCUT2D eigenvalue weighted by Crippen LogP contribution is -2.44. The third-order valence-electron chi connectivity index (χ3n) is 10.7. The van der Waals surface area contributed by atoms with Gasteiger partial charge in [0, 0.05) is 52.1 Å². The first kappa shape index (κ1) is 25.9. The number of rotatable bonds is 4. The lowest BCUT2D eigenvalue weighted by molar-refractivity contribution is 0.496. The van der Waals surface area contributed by atoms with Gasteiger partial charge in [-0.1, -0.05) is 115 Å². The number of nitrogens with zero attached hydrogens (tertiary/aromatic N) is 2. The Bertz CT molecular complexity index is 1810. The van der Waals surface area contributed by atoms with E-state index in [9.17, 15) is 0 Å². The molecule has 5 unspecified atom stereocenters. The Morgan fingerprint density at radius 2 is 1.48 bits per heavy atom. The molecule has 9 rings (SSSR count). The highest BCUT2D eigenvalue weighted by atomic mass is 15.2. The first-order chi connectivity index (χ1) is 21.8. The maximum Gasteiger partial charge on any atom is 0.0615 e. The average Bonchev–Trinajstić information content (AvgIpc) is 3.60. The second-order valence-corrected chi connectivity index (χ2v) is 13.1. The van der Waals surface area contributed by atoms with Crippen LogP contribution in [0.15, 0.2) is 157 Å². The van der Waals surface area contributed by atoms with Crippen molar-refractivity contribution in [3.63, 3.8) is 0 Å². The van der Waals surface area contributed by atoms with E-state index >= 15 is 0 Å². The Labute approximate surface area is 261 Å². The predicted octanol–water partition coefficient (Wildman–Crippen LogP) is 10.00. The normalized spacial score (nSPS) is 28.0. The van der Waals surface area contributed by atoms with Gasteiger partial charge in [0.05, 0.1) is 6.04 Å². The van der Waals surface area contributed by atoms with Crippen molar-refractivity contribution in [1.29, 1.82) is 0 Å². The third kappa shape index (κ3) is 4.15. The van der Waals surface area contributed by atoms with Gasteiger partial charge < -0.3 is 9.80 Å². The van der Waals surface area contributed by atoms with E-state index in [0.29, 0.717) is 29.8 Å². The molecule has 0 saturated heterocycles. The summed E-state index contributed by atoms with van der Waals surface area (Å²) in [6, 6.07) is 30.4. The fourth-order valence-electron chi connectivity index (χ4n) is 8.66. The molecule has 216 valence electrons. The molecule has 3 aromatic carbocycles. The average molecular weight is 571 g/mol. The quantitative estimate of drug-likeness (QED) is 0.308. The maximum atomic E-state index is 2.73. The number of fused-ring (bicyclic) bond motifs is 5. The molecule has 0 amide bonds. The zero-order valence-corrected chi connectivity index (χ0v) is 25.1. The van der Waals surface area contributed by atoms with Crippen LogP contribution in [0.1, 0.15) is 60.6 Å². The molecule has 2 heteroatoms. The molecule has 3 aromatic rings. The number of hydrogen-bond acceptors (Lipinski definition) is 2. The second kappa shape index (κ2) is 10.6. The van der Waals surface area contributed by atoms with Crippen LogP contribution in [-0.4, -0.2) is 12.1 Å². The summed E-state index contributed by atoms with van der Waals surface area (Å²) in [5, 5.41) is 0. The van der Waals surface area contributed by atoms with Crippen molar-refractivity contribution >= 4 is 16.9 Å². The van der Waals surface area contributed by atoms with Crippen molar-refractivity contribution in [3.8, 4) is 0 Å². The van der Waals surface area contributed by atoms with Gasteiger partial charge in [-0.15, -0.1) is 0 Å². The van der Waals surface area contributed by atoms with E-state index in [2.05, 4.69) is 149 Å². The van der Waals surface area contributed by atoms with Crippen LogP contribution in [-0.2, 0) is 0 Å². The van der Waals surface area contributed by atoms with Crippen molar-refractivity contribution in [1.82, 2.24) is 0 Å². The molecule has 2 nitrogen and oxygen atoms in total. The van der Waals surface area contributed by atoms with E-state index in [-0.39, 0.29) is 0 Å². The largest absolute Gasteiger partial charge is 0.341 e. The lowest BCUT2D eigenvalue weighted by Gasteiger charge is -2.40. The smallest absolute Gasteiger partial charge is 0.0615 e. The molecule has 0 spiro atoms. The van der Waals surface area contributed by atoms with Gasteiger partial charge in [0.1, 0.15) is 0 Å². The maximum absolute atomic E-state index is 2.73. The van der Waals surface area contributed by atoms with Gasteiger partial charge in [-0.05, 0) is 78.7 Å². The molecule has 0 N–H and O–H groups in total. The molecule has 0 bridgehead atoms. The predicted molar refractivity (Wildman–Crippen MR) is 184 cm³/mol. The van der Waals surface area contributed by atoms with Crippen LogP contribution < -0.4 is 9.80 Å². The van der Waals surface area contributed by atoms with Crippen molar-refractivity contribution in [2.75, 3.05) is 9.80 Å². The SMILES string of the molecule is C1=CCC(c2ccc(N3C4=C(C=CCC4)C4C=C5c6ccccc6N(C6=CC(c7ccccc7)CC=C6)C5CC43)cc2)C=C1. The van der Waals surface area contributed by atoms with Crippen LogP contribution in [0.25, 0.3) is 5.57 Å². The Hall–Kier alpha value is -4.56. The number of anilines is 2. The topological polar surface area (TPSA) is 6.48 Å². The Morgan fingerprint density at radius 3 is 2.34 bits per heavy atom. The summed E-state index contributed by atoms with van der Waals surface area (Å²) < 4.78 is 0. The highest BCUT2D eigenvalue weighted by Gasteiger charge is 2.48. The summed E-state index contributed by atoms with van der Waals surface area (Å²) in [5.41, 5.74) is 12.8. The first-order valence-corrected chi connectivity index (χ1v) is 16.5. The van der Waals surface area contributed by atoms with Crippen molar-refractivity contribution in [2.24, 2.45) is 5.92 Å². The monoisotopic (exact) mass is 570 g/mol. The molecule has 44 heavy (non-hydrogen) atoms. The summed E-state index contributed by atoms with van der Waals surface area (Å²) in [5.74, 6) is 1.30. The van der Waals surface area contributed by atoms with E-state index in [1.54, 1.807) is 0 Å². The van der Waals surface area contributed by atoms with Crippen LogP contribution in [0.3, 0.4) is 0 Å². The van der Waals surface area contributed by atoms with Crippen molar-refractivity contribution in [2.45, 2.75) is 56.0 Å². The molecule has 2 aliphatic heterocycles. The lowest BCUT2D eigenvalue weighted by atomic mass is 9.79. The molecular formula is C42H38N2. The third-order valence-corrected chi connectivity index (χ3v) is 10.7. The number of benzene rings is 3. The molecule has 0 fully saturated rings. The fourth-order valence-corrected chi connectivity index (χ4v) is 8.66. The van der Waals surface area contributed by atoms with E-state index in [1.807, 2.05) is 0 Å². The van der Waals surface area contributed by atoms with E-state index in [4.69, 9.17) is 0 Å². The zero-order chi connectivity index (χ0) is 29.0. The Morgan fingerprint density at radius 1 is 0.659 bits per heavy atom. The first-order valence-electron chi connectivity index (χ1n) is 16.5. The van der Waals surface area contributed by atoms with Gasteiger partial charge in [0.15, 0.2) is 0 Å². The molecule has 2 heterocycles. The Kier molecular flexibility index (Phi) is 6.21. The van der Waals surface area contributed by atoms with Crippen LogP contribution in [0.5, 0.6) is 0 Å². The number of hydrogen-bond donors (Lipinski definition) is 0. The second-order valence-electron chi connectivity index (χ2n) is 13.1. The molecule has 6 aliphatic rings.